The molecule has 1 saturated carbocycles. The largest absolute Gasteiger partial charge is 0.480 e. The molecule has 1 aliphatic rings. The Morgan fingerprint density at radius 1 is 1.25 bits per heavy atom. The minimum absolute atomic E-state index is 0.0126. The fraction of sp³-hybridized carbons (Fsp3) is 0.867. The number of aliphatic carboxylic acids is 1. The Bertz CT molecular complexity index is 314. The van der Waals surface area contributed by atoms with Gasteiger partial charge in [-0.1, -0.05) is 39.5 Å². The van der Waals surface area contributed by atoms with Crippen molar-refractivity contribution in [2.45, 2.75) is 58.4 Å². The average molecular weight is 284 g/mol. The molecule has 0 unspecified atom stereocenters. The first kappa shape index (κ1) is 17.0. The highest BCUT2D eigenvalue weighted by Gasteiger charge is 2.23. The number of carboxylic acids is 1. The molecule has 1 aliphatic carbocycles. The predicted octanol–water partition coefficient (Wildman–Crippen LogP) is 1.77. The van der Waals surface area contributed by atoms with Crippen LogP contribution in [0.15, 0.2) is 0 Å². The van der Waals surface area contributed by atoms with Crippen molar-refractivity contribution in [2.24, 2.45) is 11.8 Å². The molecule has 0 aliphatic heterocycles. The highest BCUT2D eigenvalue weighted by molar-refractivity contribution is 5.80. The zero-order valence-corrected chi connectivity index (χ0v) is 12.7. The van der Waals surface area contributed by atoms with E-state index in [0.29, 0.717) is 5.92 Å². The number of nitrogens with one attached hydrogen (secondary N) is 2. The standard InChI is InChI=1S/C15H28N2O3/c1-3-11(2)14(15(19)20)17-10-13(18)16-9-12-7-5-4-6-8-12/h11-12,14,17H,3-10H2,1-2H3,(H,16,18)(H,19,20)/t11-,14-/m0/s1. The molecule has 5 heteroatoms. The van der Waals surface area contributed by atoms with Gasteiger partial charge in [0.1, 0.15) is 6.04 Å². The van der Waals surface area contributed by atoms with E-state index in [4.69, 9.17) is 5.11 Å². The Labute approximate surface area is 121 Å². The van der Waals surface area contributed by atoms with Crippen molar-refractivity contribution in [3.8, 4) is 0 Å². The molecule has 1 amide bonds. The normalized spacial score (nSPS) is 19.3. The molecule has 5 nitrogen and oxygen atoms in total. The molecule has 0 spiro atoms. The van der Waals surface area contributed by atoms with Crippen molar-refractivity contribution in [1.82, 2.24) is 10.6 Å². The molecule has 0 heterocycles. The zero-order chi connectivity index (χ0) is 15.0. The van der Waals surface area contributed by atoms with Gasteiger partial charge in [0, 0.05) is 6.54 Å². The molecule has 0 bridgehead atoms. The molecule has 1 fully saturated rings. The summed E-state index contributed by atoms with van der Waals surface area (Å²) < 4.78 is 0. The minimum atomic E-state index is -0.889. The van der Waals surface area contributed by atoms with Crippen LogP contribution in [0.4, 0.5) is 0 Å². The SMILES string of the molecule is CC[C@H](C)[C@H](NCC(=O)NCC1CCCCC1)C(=O)O. The molecule has 1 rings (SSSR count). The van der Waals surface area contributed by atoms with E-state index < -0.39 is 12.0 Å². The van der Waals surface area contributed by atoms with Crippen LogP contribution in [0.5, 0.6) is 0 Å². The van der Waals surface area contributed by atoms with Gasteiger partial charge < -0.3 is 10.4 Å². The fourth-order valence-corrected chi connectivity index (χ4v) is 2.68. The quantitative estimate of drug-likeness (QED) is 0.635. The Morgan fingerprint density at radius 3 is 2.45 bits per heavy atom. The molecule has 20 heavy (non-hydrogen) atoms. The predicted molar refractivity (Wildman–Crippen MR) is 78.5 cm³/mol. The summed E-state index contributed by atoms with van der Waals surface area (Å²) in [4.78, 5) is 22.9. The molecular weight excluding hydrogens is 256 g/mol. The molecule has 0 aromatic carbocycles. The maximum Gasteiger partial charge on any atom is 0.320 e. The molecule has 2 atom stereocenters. The van der Waals surface area contributed by atoms with E-state index in [9.17, 15) is 9.59 Å². The van der Waals surface area contributed by atoms with E-state index in [1.54, 1.807) is 0 Å². The maximum atomic E-state index is 11.8. The Kier molecular flexibility index (Phi) is 7.59. The van der Waals surface area contributed by atoms with E-state index in [-0.39, 0.29) is 18.4 Å². The second-order valence-electron chi connectivity index (χ2n) is 5.89. The molecular formula is C15H28N2O3. The Balaban J connectivity index is 2.25. The number of hydrogen-bond donors (Lipinski definition) is 3. The number of rotatable bonds is 8. The first-order valence-electron chi connectivity index (χ1n) is 7.77. The summed E-state index contributed by atoms with van der Waals surface area (Å²) in [6.45, 7) is 4.63. The lowest BCUT2D eigenvalue weighted by molar-refractivity contribution is -0.140. The molecule has 0 radical (unpaired) electrons. The van der Waals surface area contributed by atoms with Gasteiger partial charge in [0.05, 0.1) is 6.54 Å². The second-order valence-corrected chi connectivity index (χ2v) is 5.89. The van der Waals surface area contributed by atoms with Gasteiger partial charge in [0.2, 0.25) is 5.91 Å². The van der Waals surface area contributed by atoms with Gasteiger partial charge in [-0.3, -0.25) is 14.9 Å². The van der Waals surface area contributed by atoms with Crippen molar-refractivity contribution < 1.29 is 14.7 Å². The third kappa shape index (κ3) is 5.90. The molecule has 116 valence electrons. The lowest BCUT2D eigenvalue weighted by Crippen LogP contribution is -2.47. The number of carbonyl (C=O) groups excluding carboxylic acids is 1. The van der Waals surface area contributed by atoms with Crippen LogP contribution in [0.3, 0.4) is 0 Å². The summed E-state index contributed by atoms with van der Waals surface area (Å²) in [5.74, 6) is -0.388. The monoisotopic (exact) mass is 284 g/mol. The van der Waals surface area contributed by atoms with Crippen LogP contribution in [0, 0.1) is 11.8 Å². The van der Waals surface area contributed by atoms with Gasteiger partial charge in [-0.25, -0.2) is 0 Å². The summed E-state index contributed by atoms with van der Waals surface area (Å²) in [6.07, 6.45) is 6.98. The van der Waals surface area contributed by atoms with Gasteiger partial charge in [-0.2, -0.15) is 0 Å². The van der Waals surface area contributed by atoms with E-state index >= 15 is 0 Å². The summed E-state index contributed by atoms with van der Waals surface area (Å²) in [6, 6.07) is -0.652. The first-order chi connectivity index (χ1) is 9.54. The average Bonchev–Trinajstić information content (AvgIpc) is 2.45. The van der Waals surface area contributed by atoms with Gasteiger partial charge >= 0.3 is 5.97 Å². The van der Waals surface area contributed by atoms with Crippen LogP contribution < -0.4 is 10.6 Å². The molecule has 0 saturated heterocycles. The number of carbonyl (C=O) groups is 2. The molecule has 0 aromatic heterocycles. The van der Waals surface area contributed by atoms with Crippen molar-refractivity contribution in [3.63, 3.8) is 0 Å². The highest BCUT2D eigenvalue weighted by Crippen LogP contribution is 2.22. The number of hydrogen-bond acceptors (Lipinski definition) is 3. The summed E-state index contributed by atoms with van der Waals surface area (Å²) in [5, 5.41) is 14.9. The van der Waals surface area contributed by atoms with E-state index in [2.05, 4.69) is 10.6 Å². The lowest BCUT2D eigenvalue weighted by atomic mass is 9.89. The first-order valence-corrected chi connectivity index (χ1v) is 7.77. The maximum absolute atomic E-state index is 11.8. The highest BCUT2D eigenvalue weighted by atomic mass is 16.4. The molecule has 0 aromatic rings. The summed E-state index contributed by atoms with van der Waals surface area (Å²) >= 11 is 0. The Morgan fingerprint density at radius 2 is 1.90 bits per heavy atom. The third-order valence-corrected chi connectivity index (χ3v) is 4.27. The second kappa shape index (κ2) is 8.95. The van der Waals surface area contributed by atoms with Crippen molar-refractivity contribution in [2.75, 3.05) is 13.1 Å². The van der Waals surface area contributed by atoms with E-state index in [0.717, 1.165) is 13.0 Å². The Hall–Kier alpha value is -1.10. The lowest BCUT2D eigenvalue weighted by Gasteiger charge is -2.23. The van der Waals surface area contributed by atoms with Gasteiger partial charge in [-0.15, -0.1) is 0 Å². The summed E-state index contributed by atoms with van der Waals surface area (Å²) in [7, 11) is 0. The van der Waals surface area contributed by atoms with Crippen LogP contribution in [0.25, 0.3) is 0 Å². The number of amides is 1. The van der Waals surface area contributed by atoms with Gasteiger partial charge in [-0.05, 0) is 24.7 Å². The van der Waals surface area contributed by atoms with Crippen molar-refractivity contribution in [1.29, 1.82) is 0 Å². The van der Waals surface area contributed by atoms with E-state index in [1.807, 2.05) is 13.8 Å². The third-order valence-electron chi connectivity index (χ3n) is 4.27. The van der Waals surface area contributed by atoms with E-state index in [1.165, 1.54) is 32.1 Å². The van der Waals surface area contributed by atoms with Crippen LogP contribution in [-0.4, -0.2) is 36.1 Å². The number of carboxylic acid groups (broad SMARTS) is 1. The smallest absolute Gasteiger partial charge is 0.320 e. The fourth-order valence-electron chi connectivity index (χ4n) is 2.68. The van der Waals surface area contributed by atoms with Crippen molar-refractivity contribution in [3.05, 3.63) is 0 Å². The summed E-state index contributed by atoms with van der Waals surface area (Å²) in [5.41, 5.74) is 0. The van der Waals surface area contributed by atoms with Crippen molar-refractivity contribution >= 4 is 11.9 Å². The van der Waals surface area contributed by atoms with Crippen LogP contribution in [-0.2, 0) is 9.59 Å². The van der Waals surface area contributed by atoms with Gasteiger partial charge in [0.15, 0.2) is 0 Å². The van der Waals surface area contributed by atoms with Crippen LogP contribution in [0.2, 0.25) is 0 Å². The van der Waals surface area contributed by atoms with Crippen LogP contribution in [0.1, 0.15) is 52.4 Å². The van der Waals surface area contributed by atoms with Gasteiger partial charge in [0.25, 0.3) is 0 Å². The van der Waals surface area contributed by atoms with Crippen LogP contribution >= 0.6 is 0 Å². The minimum Gasteiger partial charge on any atom is -0.480 e. The topological polar surface area (TPSA) is 78.4 Å². The molecule has 3 N–H and O–H groups in total. The zero-order valence-electron chi connectivity index (χ0n) is 12.7.